The maximum atomic E-state index is 12.8. The Bertz CT molecular complexity index is 377. The highest BCUT2D eigenvalue weighted by molar-refractivity contribution is 5.79. The van der Waals surface area contributed by atoms with Crippen LogP contribution in [-0.4, -0.2) is 35.6 Å². The summed E-state index contributed by atoms with van der Waals surface area (Å²) in [5, 5.41) is 0. The van der Waals surface area contributed by atoms with Crippen molar-refractivity contribution in [1.29, 1.82) is 0 Å². The predicted molar refractivity (Wildman–Crippen MR) is 90.8 cm³/mol. The molecule has 1 unspecified atom stereocenters. The summed E-state index contributed by atoms with van der Waals surface area (Å²) >= 11 is 0. The number of likely N-dealkylation sites (tertiary alicyclic amines) is 1. The zero-order chi connectivity index (χ0) is 16.4. The van der Waals surface area contributed by atoms with Crippen molar-refractivity contribution in [2.75, 3.05) is 13.1 Å². The van der Waals surface area contributed by atoms with Crippen molar-refractivity contribution < 1.29 is 9.53 Å². The largest absolute Gasteiger partial charge is 0.372 e. The van der Waals surface area contributed by atoms with Crippen LogP contribution in [0.3, 0.4) is 0 Å². The zero-order valence-corrected chi connectivity index (χ0v) is 15.3. The standard InChI is InChI=1S/C19H35NO2/c1-18(2,3)14-20-12-8-9-15(17(20)21)13-19(4,5)22-16-10-6-7-11-16/h15-16H,6-14H2,1-5H3. The Labute approximate surface area is 136 Å². The molecule has 1 aliphatic heterocycles. The second-order valence-corrected chi connectivity index (χ2v) is 9.15. The van der Waals surface area contributed by atoms with Crippen molar-refractivity contribution in [3.63, 3.8) is 0 Å². The van der Waals surface area contributed by atoms with Gasteiger partial charge in [-0.05, 0) is 51.4 Å². The van der Waals surface area contributed by atoms with Crippen LogP contribution in [0.2, 0.25) is 0 Å². The predicted octanol–water partition coefficient (Wildman–Crippen LogP) is 4.40. The van der Waals surface area contributed by atoms with Gasteiger partial charge in [-0.3, -0.25) is 4.79 Å². The summed E-state index contributed by atoms with van der Waals surface area (Å²) in [4.78, 5) is 14.9. The second-order valence-electron chi connectivity index (χ2n) is 9.15. The van der Waals surface area contributed by atoms with Gasteiger partial charge in [0.25, 0.3) is 0 Å². The molecule has 0 bridgehead atoms. The zero-order valence-electron chi connectivity index (χ0n) is 15.3. The number of hydrogen-bond donors (Lipinski definition) is 0. The molecule has 2 rings (SSSR count). The number of ether oxygens (including phenoxy) is 1. The van der Waals surface area contributed by atoms with Gasteiger partial charge >= 0.3 is 0 Å². The van der Waals surface area contributed by atoms with E-state index >= 15 is 0 Å². The summed E-state index contributed by atoms with van der Waals surface area (Å²) in [5.74, 6) is 0.497. The molecule has 0 aromatic carbocycles. The first-order valence-electron chi connectivity index (χ1n) is 9.13. The Morgan fingerprint density at radius 1 is 1.05 bits per heavy atom. The van der Waals surface area contributed by atoms with E-state index in [1.807, 2.05) is 0 Å². The quantitative estimate of drug-likeness (QED) is 0.753. The number of rotatable bonds is 5. The van der Waals surface area contributed by atoms with Crippen molar-refractivity contribution >= 4 is 5.91 Å². The number of hydrogen-bond acceptors (Lipinski definition) is 2. The van der Waals surface area contributed by atoms with Gasteiger partial charge in [-0.25, -0.2) is 0 Å². The topological polar surface area (TPSA) is 29.5 Å². The minimum Gasteiger partial charge on any atom is -0.372 e. The molecule has 1 saturated carbocycles. The second kappa shape index (κ2) is 6.90. The molecule has 1 aliphatic carbocycles. The Kier molecular flexibility index (Phi) is 5.58. The van der Waals surface area contributed by atoms with Crippen LogP contribution >= 0.6 is 0 Å². The molecule has 2 fully saturated rings. The molecule has 2 aliphatic rings. The van der Waals surface area contributed by atoms with E-state index in [0.717, 1.165) is 32.4 Å². The van der Waals surface area contributed by atoms with Crippen LogP contribution in [0.1, 0.15) is 79.6 Å². The van der Waals surface area contributed by atoms with Gasteiger partial charge in [-0.15, -0.1) is 0 Å². The number of amides is 1. The lowest BCUT2D eigenvalue weighted by molar-refractivity contribution is -0.145. The van der Waals surface area contributed by atoms with Gasteiger partial charge in [-0.1, -0.05) is 33.6 Å². The highest BCUT2D eigenvalue weighted by Gasteiger charge is 2.36. The van der Waals surface area contributed by atoms with Gasteiger partial charge in [0.1, 0.15) is 0 Å². The number of piperidine rings is 1. The summed E-state index contributed by atoms with van der Waals surface area (Å²) < 4.78 is 6.32. The average Bonchev–Trinajstić information content (AvgIpc) is 2.84. The molecule has 0 radical (unpaired) electrons. The molecule has 3 nitrogen and oxygen atoms in total. The van der Waals surface area contributed by atoms with Gasteiger partial charge < -0.3 is 9.64 Å². The summed E-state index contributed by atoms with van der Waals surface area (Å²) in [6, 6.07) is 0. The Morgan fingerprint density at radius 3 is 2.27 bits per heavy atom. The van der Waals surface area contributed by atoms with E-state index < -0.39 is 0 Å². The fourth-order valence-electron chi connectivity index (χ4n) is 4.04. The average molecular weight is 309 g/mol. The normalized spacial score (nSPS) is 25.0. The maximum Gasteiger partial charge on any atom is 0.225 e. The van der Waals surface area contributed by atoms with Crippen LogP contribution in [0.15, 0.2) is 0 Å². The summed E-state index contributed by atoms with van der Waals surface area (Å²) in [6.07, 6.45) is 8.41. The molecule has 1 amide bonds. The third-order valence-corrected chi connectivity index (χ3v) is 4.83. The van der Waals surface area contributed by atoms with Gasteiger partial charge in [0.05, 0.1) is 11.7 Å². The fourth-order valence-corrected chi connectivity index (χ4v) is 4.04. The van der Waals surface area contributed by atoms with Crippen molar-refractivity contribution in [3.8, 4) is 0 Å². The first-order valence-corrected chi connectivity index (χ1v) is 9.13. The minimum absolute atomic E-state index is 0.146. The molecular formula is C19H35NO2. The third kappa shape index (κ3) is 5.26. The molecule has 1 heterocycles. The molecule has 3 heteroatoms. The number of carbonyl (C=O) groups excluding carboxylic acids is 1. The van der Waals surface area contributed by atoms with Crippen molar-refractivity contribution in [3.05, 3.63) is 0 Å². The molecule has 1 saturated heterocycles. The lowest BCUT2D eigenvalue weighted by Gasteiger charge is -2.39. The van der Waals surface area contributed by atoms with E-state index in [-0.39, 0.29) is 16.9 Å². The SMILES string of the molecule is CC(C)(C)CN1CCCC(CC(C)(C)OC2CCCC2)C1=O. The molecule has 0 N–H and O–H groups in total. The Morgan fingerprint density at radius 2 is 1.68 bits per heavy atom. The van der Waals surface area contributed by atoms with Crippen molar-refractivity contribution in [2.45, 2.75) is 91.3 Å². The Hall–Kier alpha value is -0.570. The molecule has 0 spiro atoms. The first-order chi connectivity index (χ1) is 10.2. The molecule has 0 aromatic rings. The number of nitrogens with zero attached hydrogens (tertiary/aromatic N) is 1. The van der Waals surface area contributed by atoms with Gasteiger partial charge in [0.15, 0.2) is 0 Å². The van der Waals surface area contributed by atoms with Crippen LogP contribution in [0.25, 0.3) is 0 Å². The van der Waals surface area contributed by atoms with Crippen LogP contribution in [0.5, 0.6) is 0 Å². The lowest BCUT2D eigenvalue weighted by Crippen LogP contribution is -2.47. The van der Waals surface area contributed by atoms with Gasteiger partial charge in [0.2, 0.25) is 5.91 Å². The van der Waals surface area contributed by atoms with Crippen LogP contribution in [-0.2, 0) is 9.53 Å². The van der Waals surface area contributed by atoms with Gasteiger partial charge in [-0.2, -0.15) is 0 Å². The molecule has 1 atom stereocenters. The monoisotopic (exact) mass is 309 g/mol. The van der Waals surface area contributed by atoms with E-state index in [4.69, 9.17) is 4.74 Å². The van der Waals surface area contributed by atoms with Gasteiger partial charge in [0, 0.05) is 19.0 Å². The maximum absolute atomic E-state index is 12.8. The molecular weight excluding hydrogens is 274 g/mol. The van der Waals surface area contributed by atoms with Crippen molar-refractivity contribution in [2.24, 2.45) is 11.3 Å². The third-order valence-electron chi connectivity index (χ3n) is 4.83. The van der Waals surface area contributed by atoms with E-state index in [9.17, 15) is 4.79 Å². The van der Waals surface area contributed by atoms with E-state index in [1.54, 1.807) is 0 Å². The lowest BCUT2D eigenvalue weighted by atomic mass is 9.85. The van der Waals surface area contributed by atoms with E-state index in [2.05, 4.69) is 39.5 Å². The summed E-state index contributed by atoms with van der Waals surface area (Å²) in [6.45, 7) is 12.7. The molecule has 128 valence electrons. The highest BCUT2D eigenvalue weighted by atomic mass is 16.5. The summed E-state index contributed by atoms with van der Waals surface area (Å²) in [5.41, 5.74) is -0.00646. The molecule has 0 aromatic heterocycles. The van der Waals surface area contributed by atoms with Crippen LogP contribution < -0.4 is 0 Å². The number of carbonyl (C=O) groups is 1. The molecule has 22 heavy (non-hydrogen) atoms. The minimum atomic E-state index is -0.180. The van der Waals surface area contributed by atoms with Crippen LogP contribution in [0, 0.1) is 11.3 Å². The van der Waals surface area contributed by atoms with Crippen molar-refractivity contribution in [1.82, 2.24) is 4.90 Å². The first kappa shape index (κ1) is 17.8. The smallest absolute Gasteiger partial charge is 0.225 e. The highest BCUT2D eigenvalue weighted by Crippen LogP contribution is 2.33. The van der Waals surface area contributed by atoms with E-state index in [0.29, 0.717) is 12.0 Å². The fraction of sp³-hybridized carbons (Fsp3) is 0.947. The van der Waals surface area contributed by atoms with E-state index in [1.165, 1.54) is 25.7 Å². The Balaban J connectivity index is 1.91. The summed E-state index contributed by atoms with van der Waals surface area (Å²) in [7, 11) is 0. The van der Waals surface area contributed by atoms with Crippen LogP contribution in [0.4, 0.5) is 0 Å².